The molecule has 1 aliphatic carbocycles. The Bertz CT molecular complexity index is 1030. The van der Waals surface area contributed by atoms with E-state index in [1.807, 2.05) is 13.0 Å². The Morgan fingerprint density at radius 1 is 1.10 bits per heavy atom. The summed E-state index contributed by atoms with van der Waals surface area (Å²) in [5.41, 5.74) is 8.23. The minimum absolute atomic E-state index is 0.149. The van der Waals surface area contributed by atoms with Crippen molar-refractivity contribution in [3.63, 3.8) is 0 Å². The third kappa shape index (κ3) is 4.38. The van der Waals surface area contributed by atoms with E-state index in [-0.39, 0.29) is 17.3 Å². The normalized spacial score (nSPS) is 18.6. The van der Waals surface area contributed by atoms with E-state index in [1.165, 1.54) is 4.90 Å². The molecular weight excluding hydrogens is 418 g/mol. The van der Waals surface area contributed by atoms with Crippen molar-refractivity contribution < 1.29 is 19.5 Å². The molecule has 1 fully saturated rings. The zero-order valence-corrected chi connectivity index (χ0v) is 19.0. The molecule has 0 spiro atoms. The summed E-state index contributed by atoms with van der Waals surface area (Å²) < 4.78 is 1.54. The van der Waals surface area contributed by atoms with Crippen molar-refractivity contribution in [2.75, 3.05) is 4.90 Å². The molecule has 0 atom stereocenters. The molecule has 0 aliphatic heterocycles. The number of aliphatic hydroxyl groups is 1. The number of aromatic nitrogens is 1. The number of aryl methyl sites for hydroxylation is 1. The van der Waals surface area contributed by atoms with Crippen LogP contribution in [-0.4, -0.2) is 39.4 Å². The van der Waals surface area contributed by atoms with E-state index in [9.17, 15) is 19.5 Å². The number of rotatable bonds is 5. The average molecular weight is 446 g/mol. The lowest BCUT2D eigenvalue weighted by Gasteiger charge is -2.35. The zero-order valence-electron chi connectivity index (χ0n) is 18.2. The summed E-state index contributed by atoms with van der Waals surface area (Å²) in [4.78, 5) is 40.4. The second-order valence-corrected chi connectivity index (χ2v) is 8.75. The molecule has 7 nitrogen and oxygen atoms in total. The second kappa shape index (κ2) is 8.85. The maximum Gasteiger partial charge on any atom is 0.301 e. The van der Waals surface area contributed by atoms with Crippen LogP contribution < -0.4 is 10.6 Å². The van der Waals surface area contributed by atoms with Crippen LogP contribution >= 0.6 is 11.6 Å². The maximum atomic E-state index is 13.6. The molecule has 166 valence electrons. The maximum absolute atomic E-state index is 13.6. The summed E-state index contributed by atoms with van der Waals surface area (Å²) in [6.07, 6.45) is 1.85. The van der Waals surface area contributed by atoms with Gasteiger partial charge in [0.15, 0.2) is 0 Å². The van der Waals surface area contributed by atoms with E-state index in [0.29, 0.717) is 47.7 Å². The third-order valence-electron chi connectivity index (χ3n) is 6.14. The van der Waals surface area contributed by atoms with Crippen molar-refractivity contribution in [3.05, 3.63) is 51.3 Å². The number of hydrogen-bond acceptors (Lipinski definition) is 4. The van der Waals surface area contributed by atoms with Crippen LogP contribution in [0.15, 0.2) is 18.2 Å². The first-order valence-corrected chi connectivity index (χ1v) is 10.7. The molecule has 31 heavy (non-hydrogen) atoms. The van der Waals surface area contributed by atoms with Gasteiger partial charge in [-0.2, -0.15) is 0 Å². The topological polar surface area (TPSA) is 106 Å². The summed E-state index contributed by atoms with van der Waals surface area (Å²) in [6, 6.07) is 5.03. The smallest absolute Gasteiger partial charge is 0.301 e. The standard InChI is InChI=1S/C23H28ClN3O4/c1-12-9-15(24)11-17(10-12)27(16-5-7-18(28)8-6-16)23(31)21(29)20-13(2)19(22(25)30)14(3)26(20)4/h9-11,16,18,28H,5-8H2,1-4H3,(H2,25,30). The Morgan fingerprint density at radius 2 is 1.71 bits per heavy atom. The van der Waals surface area contributed by atoms with Gasteiger partial charge in [-0.25, -0.2) is 0 Å². The van der Waals surface area contributed by atoms with Gasteiger partial charge in [-0.05, 0) is 75.8 Å². The van der Waals surface area contributed by atoms with Crippen molar-refractivity contribution >= 4 is 34.9 Å². The van der Waals surface area contributed by atoms with E-state index < -0.39 is 23.7 Å². The SMILES string of the molecule is Cc1cc(Cl)cc(N(C(=O)C(=O)c2c(C)c(C(N)=O)c(C)n2C)C2CCC(O)CC2)c1. The molecule has 2 amide bonds. The van der Waals surface area contributed by atoms with Gasteiger partial charge in [0, 0.05) is 29.5 Å². The number of Topliss-reactive ketones (excluding diaryl/α,β-unsaturated/α-hetero) is 1. The number of carbonyl (C=O) groups is 3. The third-order valence-corrected chi connectivity index (χ3v) is 6.36. The Labute approximate surface area is 186 Å². The number of nitrogens with zero attached hydrogens (tertiary/aromatic N) is 2. The van der Waals surface area contributed by atoms with Crippen LogP contribution in [0.1, 0.15) is 63.4 Å². The monoisotopic (exact) mass is 445 g/mol. The lowest BCUT2D eigenvalue weighted by molar-refractivity contribution is -0.115. The number of benzene rings is 1. The first-order chi connectivity index (χ1) is 14.5. The molecule has 0 bridgehead atoms. The molecule has 1 aromatic carbocycles. The molecule has 1 aromatic heterocycles. The lowest BCUT2D eigenvalue weighted by Crippen LogP contribution is -2.47. The molecule has 8 heteroatoms. The van der Waals surface area contributed by atoms with Gasteiger partial charge in [0.1, 0.15) is 0 Å². The van der Waals surface area contributed by atoms with Gasteiger partial charge in [0.25, 0.3) is 11.7 Å². The van der Waals surface area contributed by atoms with Gasteiger partial charge in [-0.1, -0.05) is 11.6 Å². The highest BCUT2D eigenvalue weighted by atomic mass is 35.5. The van der Waals surface area contributed by atoms with Crippen molar-refractivity contribution in [1.29, 1.82) is 0 Å². The molecule has 1 heterocycles. The molecule has 3 N–H and O–H groups in total. The molecule has 0 saturated heterocycles. The van der Waals surface area contributed by atoms with Gasteiger partial charge in [-0.3, -0.25) is 14.4 Å². The highest BCUT2D eigenvalue weighted by Crippen LogP contribution is 2.32. The Kier molecular flexibility index (Phi) is 6.57. The van der Waals surface area contributed by atoms with Crippen LogP contribution in [0.25, 0.3) is 0 Å². The van der Waals surface area contributed by atoms with Gasteiger partial charge in [0.2, 0.25) is 0 Å². The largest absolute Gasteiger partial charge is 0.393 e. The zero-order chi connectivity index (χ0) is 23.0. The molecular formula is C23H28ClN3O4. The van der Waals surface area contributed by atoms with E-state index in [0.717, 1.165) is 5.56 Å². The fourth-order valence-electron chi connectivity index (χ4n) is 4.54. The first-order valence-electron chi connectivity index (χ1n) is 10.3. The highest BCUT2D eigenvalue weighted by Gasteiger charge is 2.36. The Balaban J connectivity index is 2.07. The summed E-state index contributed by atoms with van der Waals surface area (Å²) in [7, 11) is 1.64. The van der Waals surface area contributed by atoms with Crippen molar-refractivity contribution in [2.24, 2.45) is 12.8 Å². The van der Waals surface area contributed by atoms with Crippen molar-refractivity contribution in [1.82, 2.24) is 4.57 Å². The number of amides is 2. The van der Waals surface area contributed by atoms with Crippen LogP contribution in [0, 0.1) is 20.8 Å². The summed E-state index contributed by atoms with van der Waals surface area (Å²) in [5.74, 6) is -2.04. The molecule has 1 aliphatic rings. The molecule has 3 rings (SSSR count). The van der Waals surface area contributed by atoms with E-state index in [1.54, 1.807) is 37.6 Å². The number of carbonyl (C=O) groups excluding carboxylic acids is 3. The number of primary amides is 1. The van der Waals surface area contributed by atoms with Crippen LogP contribution in [0.2, 0.25) is 5.02 Å². The van der Waals surface area contributed by atoms with Crippen LogP contribution in [0.3, 0.4) is 0 Å². The predicted molar refractivity (Wildman–Crippen MR) is 120 cm³/mol. The van der Waals surface area contributed by atoms with E-state index in [2.05, 4.69) is 0 Å². The number of nitrogens with two attached hydrogens (primary N) is 1. The Morgan fingerprint density at radius 3 is 2.23 bits per heavy atom. The minimum Gasteiger partial charge on any atom is -0.393 e. The molecule has 2 aromatic rings. The minimum atomic E-state index is -0.709. The van der Waals surface area contributed by atoms with Crippen LogP contribution in [0.4, 0.5) is 5.69 Å². The summed E-state index contributed by atoms with van der Waals surface area (Å²) >= 11 is 6.25. The van der Waals surface area contributed by atoms with Gasteiger partial charge < -0.3 is 20.3 Å². The number of anilines is 1. The summed E-state index contributed by atoms with van der Waals surface area (Å²) in [5, 5.41) is 10.4. The van der Waals surface area contributed by atoms with Crippen molar-refractivity contribution in [3.8, 4) is 0 Å². The molecule has 1 saturated carbocycles. The quantitative estimate of drug-likeness (QED) is 0.544. The lowest BCUT2D eigenvalue weighted by atomic mass is 9.91. The Hall–Kier alpha value is -2.64. The van der Waals surface area contributed by atoms with Gasteiger partial charge in [-0.15, -0.1) is 0 Å². The van der Waals surface area contributed by atoms with Crippen LogP contribution in [-0.2, 0) is 11.8 Å². The van der Waals surface area contributed by atoms with Gasteiger partial charge in [0.05, 0.1) is 17.4 Å². The number of halogens is 1. The van der Waals surface area contributed by atoms with E-state index in [4.69, 9.17) is 17.3 Å². The summed E-state index contributed by atoms with van der Waals surface area (Å²) in [6.45, 7) is 5.18. The fraction of sp³-hybridized carbons (Fsp3) is 0.435. The number of hydrogen-bond donors (Lipinski definition) is 2. The first kappa shape index (κ1) is 23.0. The van der Waals surface area contributed by atoms with Crippen LogP contribution in [0.5, 0.6) is 0 Å². The molecule has 0 unspecified atom stereocenters. The van der Waals surface area contributed by atoms with E-state index >= 15 is 0 Å². The number of aliphatic hydroxyl groups excluding tert-OH is 1. The van der Waals surface area contributed by atoms with Crippen molar-refractivity contribution in [2.45, 2.75) is 58.6 Å². The predicted octanol–water partition coefficient (Wildman–Crippen LogP) is 3.22. The number of ketones is 1. The second-order valence-electron chi connectivity index (χ2n) is 8.31. The average Bonchev–Trinajstić information content (AvgIpc) is 2.90. The molecule has 0 radical (unpaired) electrons. The van der Waals surface area contributed by atoms with Gasteiger partial charge >= 0.3 is 5.91 Å². The highest BCUT2D eigenvalue weighted by molar-refractivity contribution is 6.47. The fourth-order valence-corrected chi connectivity index (χ4v) is 4.82.